The van der Waals surface area contributed by atoms with Crippen LogP contribution in [0.5, 0.6) is 0 Å². The van der Waals surface area contributed by atoms with Crippen molar-refractivity contribution in [2.45, 2.75) is 30.7 Å². The predicted octanol–water partition coefficient (Wildman–Crippen LogP) is 3.47. The van der Waals surface area contributed by atoms with E-state index in [2.05, 4.69) is 9.97 Å². The molecule has 158 valence electrons. The molecule has 1 unspecified atom stereocenters. The van der Waals surface area contributed by atoms with E-state index in [9.17, 15) is 14.4 Å². The number of aromatic nitrogens is 4. The number of aromatic amines is 1. The van der Waals surface area contributed by atoms with E-state index in [-0.39, 0.29) is 22.5 Å². The SMILES string of the molecule is CCC(Sc1nc2ccccc2c(=O)[nH]1)C(=O)c1c(C)n(C)n(-c2ccccc2)c1=O. The second-order valence-corrected chi connectivity index (χ2v) is 8.40. The summed E-state index contributed by atoms with van der Waals surface area (Å²) in [5.41, 5.74) is 1.41. The van der Waals surface area contributed by atoms with Crippen molar-refractivity contribution in [3.05, 3.63) is 86.6 Å². The highest BCUT2D eigenvalue weighted by atomic mass is 32.2. The molecule has 7 nitrogen and oxygen atoms in total. The van der Waals surface area contributed by atoms with Crippen LogP contribution in [0.3, 0.4) is 0 Å². The van der Waals surface area contributed by atoms with Gasteiger partial charge in [0.05, 0.1) is 21.8 Å². The van der Waals surface area contributed by atoms with Gasteiger partial charge in [0.2, 0.25) is 0 Å². The van der Waals surface area contributed by atoms with Crippen molar-refractivity contribution in [2.24, 2.45) is 7.05 Å². The van der Waals surface area contributed by atoms with Crippen molar-refractivity contribution in [2.75, 3.05) is 0 Å². The highest BCUT2D eigenvalue weighted by Gasteiger charge is 2.28. The lowest BCUT2D eigenvalue weighted by Gasteiger charge is -2.12. The van der Waals surface area contributed by atoms with Crippen molar-refractivity contribution >= 4 is 28.4 Å². The van der Waals surface area contributed by atoms with Gasteiger partial charge in [-0.1, -0.05) is 49.0 Å². The van der Waals surface area contributed by atoms with Crippen molar-refractivity contribution in [1.29, 1.82) is 0 Å². The smallest absolute Gasteiger partial charge is 0.282 e. The number of carbonyl (C=O) groups excluding carboxylic acids is 1. The molecule has 0 saturated heterocycles. The molecule has 8 heteroatoms. The zero-order valence-corrected chi connectivity index (χ0v) is 18.3. The fourth-order valence-corrected chi connectivity index (χ4v) is 4.55. The Morgan fingerprint density at radius 2 is 1.77 bits per heavy atom. The summed E-state index contributed by atoms with van der Waals surface area (Å²) in [4.78, 5) is 46.2. The van der Waals surface area contributed by atoms with E-state index in [1.165, 1.54) is 16.4 Å². The van der Waals surface area contributed by atoms with E-state index in [0.717, 1.165) is 0 Å². The zero-order chi connectivity index (χ0) is 22.1. The van der Waals surface area contributed by atoms with Crippen LogP contribution in [0.25, 0.3) is 16.6 Å². The lowest BCUT2D eigenvalue weighted by molar-refractivity contribution is 0.0986. The van der Waals surface area contributed by atoms with Gasteiger partial charge >= 0.3 is 0 Å². The minimum Gasteiger partial charge on any atom is -0.301 e. The van der Waals surface area contributed by atoms with E-state index in [4.69, 9.17) is 0 Å². The molecule has 1 N–H and O–H groups in total. The number of ketones is 1. The number of nitrogens with one attached hydrogen (secondary N) is 1. The highest BCUT2D eigenvalue weighted by molar-refractivity contribution is 8.00. The summed E-state index contributed by atoms with van der Waals surface area (Å²) in [6.07, 6.45) is 0.485. The monoisotopic (exact) mass is 434 g/mol. The Morgan fingerprint density at radius 1 is 1.10 bits per heavy atom. The van der Waals surface area contributed by atoms with Crippen LogP contribution in [-0.2, 0) is 7.05 Å². The zero-order valence-electron chi connectivity index (χ0n) is 17.5. The van der Waals surface area contributed by atoms with Crippen LogP contribution in [0.2, 0.25) is 0 Å². The summed E-state index contributed by atoms with van der Waals surface area (Å²) in [5.74, 6) is -0.268. The molecule has 4 aromatic rings. The molecule has 0 radical (unpaired) electrons. The first-order valence-electron chi connectivity index (χ1n) is 9.96. The number of thioether (sulfide) groups is 1. The lowest BCUT2D eigenvalue weighted by atomic mass is 10.1. The van der Waals surface area contributed by atoms with Crippen molar-refractivity contribution in [1.82, 2.24) is 19.3 Å². The third kappa shape index (κ3) is 3.74. The van der Waals surface area contributed by atoms with Gasteiger partial charge in [-0.25, -0.2) is 9.67 Å². The molecule has 0 aliphatic heterocycles. The van der Waals surface area contributed by atoms with Crippen LogP contribution in [-0.4, -0.2) is 30.4 Å². The molecule has 31 heavy (non-hydrogen) atoms. The number of hydrogen-bond donors (Lipinski definition) is 1. The summed E-state index contributed by atoms with van der Waals surface area (Å²) < 4.78 is 3.19. The Kier molecular flexibility index (Phi) is 5.65. The second kappa shape index (κ2) is 8.39. The summed E-state index contributed by atoms with van der Waals surface area (Å²) in [5, 5.41) is 0.305. The van der Waals surface area contributed by atoms with E-state index in [0.29, 0.717) is 33.9 Å². The summed E-state index contributed by atoms with van der Waals surface area (Å²) in [7, 11) is 1.76. The molecule has 1 atom stereocenters. The molecule has 0 spiro atoms. The van der Waals surface area contributed by atoms with E-state index >= 15 is 0 Å². The van der Waals surface area contributed by atoms with Crippen LogP contribution in [0, 0.1) is 6.92 Å². The van der Waals surface area contributed by atoms with Crippen LogP contribution >= 0.6 is 11.8 Å². The van der Waals surface area contributed by atoms with Gasteiger partial charge in [0.15, 0.2) is 10.9 Å². The van der Waals surface area contributed by atoms with E-state index in [1.54, 1.807) is 36.9 Å². The number of fused-ring (bicyclic) bond motifs is 1. The van der Waals surface area contributed by atoms with E-state index < -0.39 is 5.25 Å². The lowest BCUT2D eigenvalue weighted by Crippen LogP contribution is -2.27. The summed E-state index contributed by atoms with van der Waals surface area (Å²) in [6, 6.07) is 16.3. The quantitative estimate of drug-likeness (QED) is 0.285. The molecule has 0 saturated carbocycles. The van der Waals surface area contributed by atoms with Gasteiger partial charge in [0.25, 0.3) is 11.1 Å². The molecule has 0 fully saturated rings. The second-order valence-electron chi connectivity index (χ2n) is 7.20. The fourth-order valence-electron chi connectivity index (χ4n) is 3.59. The largest absolute Gasteiger partial charge is 0.301 e. The summed E-state index contributed by atoms with van der Waals surface area (Å²) in [6.45, 7) is 3.64. The minimum absolute atomic E-state index is 0.161. The minimum atomic E-state index is -0.553. The average Bonchev–Trinajstić information content (AvgIpc) is 3.00. The molecule has 2 aromatic carbocycles. The van der Waals surface area contributed by atoms with Gasteiger partial charge in [-0.2, -0.15) is 0 Å². The Morgan fingerprint density at radius 3 is 2.48 bits per heavy atom. The molecule has 2 aromatic heterocycles. The number of benzene rings is 2. The topological polar surface area (TPSA) is 89.8 Å². The number of H-pyrrole nitrogens is 1. The first-order valence-corrected chi connectivity index (χ1v) is 10.8. The van der Waals surface area contributed by atoms with E-state index in [1.807, 2.05) is 43.3 Å². The maximum Gasteiger partial charge on any atom is 0.282 e. The Hall–Kier alpha value is -3.39. The fraction of sp³-hybridized carbons (Fsp3) is 0.217. The predicted molar refractivity (Wildman–Crippen MR) is 122 cm³/mol. The third-order valence-corrected chi connectivity index (χ3v) is 6.56. The van der Waals surface area contributed by atoms with Crippen molar-refractivity contribution in [3.8, 4) is 5.69 Å². The van der Waals surface area contributed by atoms with Gasteiger partial charge in [-0.3, -0.25) is 19.1 Å². The maximum absolute atomic E-state index is 13.4. The van der Waals surface area contributed by atoms with Gasteiger partial charge in [0.1, 0.15) is 5.56 Å². The number of rotatable bonds is 6. The molecule has 0 aliphatic carbocycles. The number of Topliss-reactive ketones (excluding diaryl/α,β-unsaturated/α-hetero) is 1. The maximum atomic E-state index is 13.4. The molecule has 0 amide bonds. The van der Waals surface area contributed by atoms with Gasteiger partial charge < -0.3 is 4.98 Å². The van der Waals surface area contributed by atoms with Crippen molar-refractivity contribution in [3.63, 3.8) is 0 Å². The van der Waals surface area contributed by atoms with Gasteiger partial charge in [-0.05, 0) is 37.6 Å². The number of nitrogens with zero attached hydrogens (tertiary/aromatic N) is 3. The molecular formula is C23H22N4O3S. The Balaban J connectivity index is 1.72. The molecule has 2 heterocycles. The van der Waals surface area contributed by atoms with Crippen LogP contribution < -0.4 is 11.1 Å². The number of hydrogen-bond acceptors (Lipinski definition) is 5. The molecule has 0 bridgehead atoms. The van der Waals surface area contributed by atoms with Crippen LogP contribution in [0.4, 0.5) is 0 Å². The Bertz CT molecular complexity index is 1390. The molecule has 0 aliphatic rings. The Labute approximate surface area is 182 Å². The van der Waals surface area contributed by atoms with Crippen molar-refractivity contribution < 1.29 is 4.79 Å². The highest BCUT2D eigenvalue weighted by Crippen LogP contribution is 2.26. The van der Waals surface area contributed by atoms with Crippen LogP contribution in [0.15, 0.2) is 69.3 Å². The first-order chi connectivity index (χ1) is 14.9. The standard InChI is InChI=1S/C23H22N4O3S/c1-4-18(31-23-24-17-13-9-8-12-16(17)21(29)25-23)20(28)19-14(2)26(3)27(22(19)30)15-10-6-5-7-11-15/h5-13,18H,4H2,1-3H3,(H,24,25,29). The summed E-state index contributed by atoms with van der Waals surface area (Å²) >= 11 is 1.18. The van der Waals surface area contributed by atoms with Crippen LogP contribution in [0.1, 0.15) is 29.4 Å². The molecule has 4 rings (SSSR count). The third-order valence-electron chi connectivity index (χ3n) is 5.31. The first kappa shape index (κ1) is 20.9. The average molecular weight is 435 g/mol. The van der Waals surface area contributed by atoms with Gasteiger partial charge in [-0.15, -0.1) is 0 Å². The number of carbonyl (C=O) groups is 1. The normalized spacial score (nSPS) is 12.2. The van der Waals surface area contributed by atoms with Gasteiger partial charge in [0, 0.05) is 12.7 Å². The molecular weight excluding hydrogens is 412 g/mol. The number of para-hydroxylation sites is 2.